The van der Waals surface area contributed by atoms with Crippen LogP contribution in [0.4, 0.5) is 10.1 Å². The monoisotopic (exact) mass is 285 g/mol. The minimum Gasteiger partial charge on any atom is -0.423 e. The van der Waals surface area contributed by atoms with E-state index in [9.17, 15) is 14.4 Å². The van der Waals surface area contributed by atoms with Crippen LogP contribution >= 0.6 is 0 Å². The molecular weight excluding hydrogens is 273 g/mol. The van der Waals surface area contributed by atoms with E-state index in [-0.39, 0.29) is 18.0 Å². The Hall–Kier alpha value is -2.89. The summed E-state index contributed by atoms with van der Waals surface area (Å²) < 4.78 is 14.1. The van der Waals surface area contributed by atoms with Gasteiger partial charge in [-0.05, 0) is 18.2 Å². The zero-order valence-corrected chi connectivity index (χ0v) is 11.0. The maximum Gasteiger partial charge on any atom is 0.286 e. The first kappa shape index (κ1) is 13.1. The molecule has 6 heteroatoms. The Kier molecular flexibility index (Phi) is 3.27. The number of anilines is 1. The quantitative estimate of drug-likeness (QED) is 0.725. The van der Waals surface area contributed by atoms with E-state index in [1.807, 2.05) is 0 Å². The summed E-state index contributed by atoms with van der Waals surface area (Å²) in [6.45, 7) is 0.228. The molecule has 1 aromatic carbocycles. The van der Waals surface area contributed by atoms with Gasteiger partial charge in [-0.2, -0.15) is 0 Å². The molecule has 0 fully saturated rings. The Morgan fingerprint density at radius 2 is 2.05 bits per heavy atom. The predicted molar refractivity (Wildman–Crippen MR) is 76.9 cm³/mol. The summed E-state index contributed by atoms with van der Waals surface area (Å²) in [5.41, 5.74) is 0.539. The van der Waals surface area contributed by atoms with Gasteiger partial charge in [-0.15, -0.1) is 4.73 Å². The smallest absolute Gasteiger partial charge is 0.286 e. The topological polar surface area (TPSA) is 67.2 Å². The zero-order chi connectivity index (χ0) is 14.8. The fraction of sp³-hybridized carbons (Fsp3) is 0.0667. The van der Waals surface area contributed by atoms with Gasteiger partial charge in [0.15, 0.2) is 5.65 Å². The Morgan fingerprint density at radius 1 is 1.24 bits per heavy atom. The van der Waals surface area contributed by atoms with Gasteiger partial charge >= 0.3 is 0 Å². The van der Waals surface area contributed by atoms with Crippen LogP contribution in [0.15, 0.2) is 53.5 Å². The van der Waals surface area contributed by atoms with Crippen LogP contribution in [0.3, 0.4) is 0 Å². The molecule has 2 heterocycles. The highest BCUT2D eigenvalue weighted by Crippen LogP contribution is 2.20. The fourth-order valence-electron chi connectivity index (χ4n) is 2.12. The van der Waals surface area contributed by atoms with Gasteiger partial charge in [-0.1, -0.05) is 18.2 Å². The number of hydrogen-bond acceptors (Lipinski definition) is 4. The zero-order valence-electron chi connectivity index (χ0n) is 11.0. The maximum atomic E-state index is 13.6. The second-order valence-electron chi connectivity index (χ2n) is 4.53. The summed E-state index contributed by atoms with van der Waals surface area (Å²) >= 11 is 0. The molecule has 3 rings (SSSR count). The molecule has 0 aliphatic carbocycles. The normalized spacial score (nSPS) is 10.7. The molecule has 0 aliphatic heterocycles. The molecule has 0 spiro atoms. The van der Waals surface area contributed by atoms with E-state index in [4.69, 9.17) is 0 Å². The molecule has 21 heavy (non-hydrogen) atoms. The molecule has 0 atom stereocenters. The lowest BCUT2D eigenvalue weighted by atomic mass is 10.2. The molecular formula is C15H12FN3O2. The Bertz CT molecular complexity index is 861. The Morgan fingerprint density at radius 3 is 2.86 bits per heavy atom. The van der Waals surface area contributed by atoms with E-state index in [0.717, 1.165) is 0 Å². The van der Waals surface area contributed by atoms with E-state index in [1.54, 1.807) is 30.3 Å². The minimum atomic E-state index is -0.600. The number of rotatable bonds is 3. The molecule has 106 valence electrons. The van der Waals surface area contributed by atoms with Crippen molar-refractivity contribution in [3.05, 3.63) is 70.4 Å². The lowest BCUT2D eigenvalue weighted by Crippen LogP contribution is -2.19. The van der Waals surface area contributed by atoms with Crippen molar-refractivity contribution in [2.24, 2.45) is 0 Å². The second-order valence-corrected chi connectivity index (χ2v) is 4.53. The van der Waals surface area contributed by atoms with E-state index >= 15 is 0 Å². The van der Waals surface area contributed by atoms with Gasteiger partial charge in [0.25, 0.3) is 5.56 Å². The van der Waals surface area contributed by atoms with Gasteiger partial charge in [0.05, 0.1) is 5.69 Å². The molecule has 0 amide bonds. The standard InChI is InChI=1S/C15H12FN3O2/c16-12-6-2-1-4-10(12)9-18-13-8-14(20)19(21)15-11(13)5-3-7-17-15/h1-8,18,21H,9H2. The van der Waals surface area contributed by atoms with E-state index in [0.29, 0.717) is 21.4 Å². The van der Waals surface area contributed by atoms with Crippen LogP contribution in [0.5, 0.6) is 0 Å². The largest absolute Gasteiger partial charge is 0.423 e. The molecule has 0 saturated heterocycles. The number of halogens is 1. The molecule has 3 aromatic rings. The third-order valence-electron chi connectivity index (χ3n) is 3.18. The van der Waals surface area contributed by atoms with Gasteiger partial charge in [0.2, 0.25) is 0 Å². The van der Waals surface area contributed by atoms with Gasteiger partial charge in [0, 0.05) is 29.8 Å². The molecule has 5 nitrogen and oxygen atoms in total. The van der Waals surface area contributed by atoms with E-state index < -0.39 is 5.56 Å². The molecule has 2 aromatic heterocycles. The molecule has 0 saturated carbocycles. The third-order valence-corrected chi connectivity index (χ3v) is 3.18. The van der Waals surface area contributed by atoms with Crippen molar-refractivity contribution in [3.8, 4) is 0 Å². The highest BCUT2D eigenvalue weighted by molar-refractivity contribution is 5.88. The van der Waals surface area contributed by atoms with Gasteiger partial charge < -0.3 is 10.5 Å². The van der Waals surface area contributed by atoms with E-state index in [2.05, 4.69) is 10.3 Å². The number of nitrogens with zero attached hydrogens (tertiary/aromatic N) is 2. The van der Waals surface area contributed by atoms with Crippen molar-refractivity contribution in [2.45, 2.75) is 6.54 Å². The number of pyridine rings is 2. The molecule has 0 unspecified atom stereocenters. The average Bonchev–Trinajstić information content (AvgIpc) is 2.51. The molecule has 0 radical (unpaired) electrons. The third kappa shape index (κ3) is 2.43. The molecule has 2 N–H and O–H groups in total. The van der Waals surface area contributed by atoms with Crippen molar-refractivity contribution in [1.29, 1.82) is 0 Å². The number of nitrogens with one attached hydrogen (secondary N) is 1. The number of fused-ring (bicyclic) bond motifs is 1. The highest BCUT2D eigenvalue weighted by Gasteiger charge is 2.09. The number of benzene rings is 1. The first-order valence-electron chi connectivity index (χ1n) is 6.34. The van der Waals surface area contributed by atoms with Crippen LogP contribution in [-0.2, 0) is 6.54 Å². The van der Waals surface area contributed by atoms with Crippen molar-refractivity contribution >= 4 is 16.7 Å². The summed E-state index contributed by atoms with van der Waals surface area (Å²) in [4.78, 5) is 15.7. The minimum absolute atomic E-state index is 0.154. The molecule has 0 bridgehead atoms. The second kappa shape index (κ2) is 5.24. The van der Waals surface area contributed by atoms with Crippen molar-refractivity contribution in [1.82, 2.24) is 9.71 Å². The summed E-state index contributed by atoms with van der Waals surface area (Å²) in [5.74, 6) is -0.317. The van der Waals surface area contributed by atoms with Gasteiger partial charge in [0.1, 0.15) is 5.82 Å². The number of aromatic nitrogens is 2. The maximum absolute atomic E-state index is 13.6. The molecule has 0 aliphatic rings. The van der Waals surface area contributed by atoms with Crippen molar-refractivity contribution in [3.63, 3.8) is 0 Å². The van der Waals surface area contributed by atoms with Crippen LogP contribution in [-0.4, -0.2) is 14.9 Å². The summed E-state index contributed by atoms with van der Waals surface area (Å²) in [6.07, 6.45) is 1.48. The summed E-state index contributed by atoms with van der Waals surface area (Å²) in [7, 11) is 0. The van der Waals surface area contributed by atoms with E-state index in [1.165, 1.54) is 18.3 Å². The van der Waals surface area contributed by atoms with Crippen LogP contribution in [0.2, 0.25) is 0 Å². The average molecular weight is 285 g/mol. The van der Waals surface area contributed by atoms with Crippen molar-refractivity contribution in [2.75, 3.05) is 5.32 Å². The summed E-state index contributed by atoms with van der Waals surface area (Å²) in [6, 6.07) is 11.1. The fourth-order valence-corrected chi connectivity index (χ4v) is 2.12. The van der Waals surface area contributed by atoms with Gasteiger partial charge in [-0.25, -0.2) is 9.37 Å². The van der Waals surface area contributed by atoms with Gasteiger partial charge in [-0.3, -0.25) is 4.79 Å². The van der Waals surface area contributed by atoms with Crippen LogP contribution in [0, 0.1) is 5.82 Å². The van der Waals surface area contributed by atoms with Crippen LogP contribution < -0.4 is 10.9 Å². The first-order valence-corrected chi connectivity index (χ1v) is 6.34. The lowest BCUT2D eigenvalue weighted by molar-refractivity contribution is 0.187. The first-order chi connectivity index (χ1) is 10.2. The Balaban J connectivity index is 2.00. The SMILES string of the molecule is O=c1cc(NCc2ccccc2F)c2cccnc2n1O. The predicted octanol–water partition coefficient (Wildman–Crippen LogP) is 2.38. The van der Waals surface area contributed by atoms with Crippen molar-refractivity contribution < 1.29 is 9.60 Å². The Labute approximate surface area is 119 Å². The lowest BCUT2D eigenvalue weighted by Gasteiger charge is -2.11. The summed E-state index contributed by atoms with van der Waals surface area (Å²) in [5, 5.41) is 13.3. The van der Waals surface area contributed by atoms with Crippen LogP contribution in [0.1, 0.15) is 5.56 Å². The number of hydrogen-bond donors (Lipinski definition) is 2. The van der Waals surface area contributed by atoms with Crippen LogP contribution in [0.25, 0.3) is 11.0 Å². The highest BCUT2D eigenvalue weighted by atomic mass is 19.1.